The second kappa shape index (κ2) is 20.0. The Morgan fingerprint density at radius 3 is 2.56 bits per heavy atom. The molecule has 4 aromatic heterocycles. The molecule has 64 heavy (non-hydrogen) atoms. The number of nitrogens with zero attached hydrogens (tertiary/aromatic N) is 9. The number of carbonyl (C=O) groups excluding carboxylic acids is 3. The lowest BCUT2D eigenvalue weighted by atomic mass is 9.96. The van der Waals surface area contributed by atoms with Gasteiger partial charge in [-0.1, -0.05) is 31.4 Å². The summed E-state index contributed by atoms with van der Waals surface area (Å²) in [6, 6.07) is 5.94. The average Bonchev–Trinajstić information content (AvgIpc) is 3.94. The van der Waals surface area contributed by atoms with Crippen molar-refractivity contribution >= 4 is 45.9 Å². The van der Waals surface area contributed by atoms with Crippen LogP contribution in [0.3, 0.4) is 0 Å². The van der Waals surface area contributed by atoms with Gasteiger partial charge in [-0.05, 0) is 76.9 Å². The molecule has 4 N–H and O–H groups in total. The van der Waals surface area contributed by atoms with Gasteiger partial charge in [0.05, 0.1) is 35.5 Å². The maximum Gasteiger partial charge on any atom is 0.329 e. The predicted octanol–water partition coefficient (Wildman–Crippen LogP) is 5.01. The molecule has 0 radical (unpaired) electrons. The molecule has 2 saturated heterocycles. The normalized spacial score (nSPS) is 19.4. The van der Waals surface area contributed by atoms with E-state index in [9.17, 15) is 36.7 Å². The monoisotopic (exact) mass is 896 g/mol. The average molecular weight is 897 g/mol. The highest BCUT2D eigenvalue weighted by molar-refractivity contribution is 6.08. The molecule has 2 unspecified atom stereocenters. The standard InChI is InChI=1S/C22H26F4N8O.C21H30N4O4/c23-19(24)18-16(11-34(31-18)14-4-2-1-3-5-14)29-21(35)15-9-28-33-7-6-17(30-20(15)33)32-10-13(27)8-22(25,26)12-32;1-23(2)12-6-14-29-13-5-8-15-7-4-9-16-19(15)24(3)21(28)25(16)17-10-11-18(26)22-20(17)27/h6-7,9,11,13-14,19H,1-5,8,10,12,27H2,(H,29,35);4,7,9,17H,5-6,8,10-14H2,1-3H3,(H,22,26,27). The number of nitrogens with two attached hydrogens (primary N) is 1. The van der Waals surface area contributed by atoms with E-state index in [1.54, 1.807) is 11.6 Å². The predicted molar refractivity (Wildman–Crippen MR) is 231 cm³/mol. The number of hydrogen-bond donors (Lipinski definition) is 3. The number of rotatable bonds is 14. The number of ether oxygens (including phenoxy) is 1. The minimum absolute atomic E-state index is 0.0159. The number of anilines is 2. The molecule has 346 valence electrons. The number of imidazole rings is 1. The van der Waals surface area contributed by atoms with Crippen LogP contribution in [0, 0.1) is 0 Å². The van der Waals surface area contributed by atoms with E-state index in [1.165, 1.54) is 43.3 Å². The molecule has 6 heterocycles. The van der Waals surface area contributed by atoms with E-state index in [1.807, 2.05) is 32.3 Å². The molecule has 0 spiro atoms. The van der Waals surface area contributed by atoms with E-state index in [2.05, 4.69) is 30.7 Å². The Hall–Kier alpha value is -5.67. The number of amides is 3. The van der Waals surface area contributed by atoms with Gasteiger partial charge in [0.25, 0.3) is 18.3 Å². The number of piperidine rings is 2. The van der Waals surface area contributed by atoms with Crippen molar-refractivity contribution < 1.29 is 36.7 Å². The van der Waals surface area contributed by atoms with Gasteiger partial charge in [-0.3, -0.25) is 33.5 Å². The first-order valence-electron chi connectivity index (χ1n) is 21.8. The van der Waals surface area contributed by atoms with Crippen LogP contribution in [0.4, 0.5) is 29.1 Å². The van der Waals surface area contributed by atoms with Crippen LogP contribution in [-0.2, 0) is 27.8 Å². The van der Waals surface area contributed by atoms with E-state index in [0.29, 0.717) is 13.0 Å². The molecule has 0 bridgehead atoms. The minimum atomic E-state index is -2.96. The second-order valence-corrected chi connectivity index (χ2v) is 17.1. The molecule has 5 aromatic rings. The molecule has 8 rings (SSSR count). The third-order valence-electron chi connectivity index (χ3n) is 11.9. The maximum atomic E-state index is 14.0. The highest BCUT2D eigenvalue weighted by Gasteiger charge is 2.40. The van der Waals surface area contributed by atoms with Gasteiger partial charge in [0.2, 0.25) is 11.8 Å². The molecule has 3 amide bonds. The van der Waals surface area contributed by atoms with Crippen LogP contribution in [0.15, 0.2) is 47.7 Å². The van der Waals surface area contributed by atoms with Crippen LogP contribution in [0.5, 0.6) is 0 Å². The SMILES string of the molecule is CN(C)CCCOCCCc1cccc2c1n(C)c(=O)n2C1CCC(=O)NC1=O.NC1CN(c2ccn3ncc(C(=O)Nc4cn(C5CCCCC5)nc4C(F)F)c3n2)CC(F)(F)C1. The lowest BCUT2D eigenvalue weighted by Gasteiger charge is -2.36. The molecular weight excluding hydrogens is 841 g/mol. The Bertz CT molecular complexity index is 2510. The zero-order valence-corrected chi connectivity index (χ0v) is 36.3. The van der Waals surface area contributed by atoms with Crippen LogP contribution < -0.4 is 27.0 Å². The number of para-hydroxylation sites is 1. The van der Waals surface area contributed by atoms with E-state index in [4.69, 9.17) is 10.5 Å². The van der Waals surface area contributed by atoms with Gasteiger partial charge in [-0.15, -0.1) is 0 Å². The van der Waals surface area contributed by atoms with Crippen LogP contribution in [0.1, 0.15) is 104 Å². The van der Waals surface area contributed by atoms with Gasteiger partial charge in [0.15, 0.2) is 11.3 Å². The number of aryl methyl sites for hydroxylation is 2. The smallest absolute Gasteiger partial charge is 0.329 e. The lowest BCUT2D eigenvalue weighted by molar-refractivity contribution is -0.135. The van der Waals surface area contributed by atoms with Crippen LogP contribution in [-0.4, -0.2) is 115 Å². The number of benzene rings is 1. The summed E-state index contributed by atoms with van der Waals surface area (Å²) in [6.07, 6.45) is 8.95. The number of imide groups is 1. The minimum Gasteiger partial charge on any atom is -0.381 e. The summed E-state index contributed by atoms with van der Waals surface area (Å²) < 4.78 is 67.1. The molecule has 3 fully saturated rings. The highest BCUT2D eigenvalue weighted by Crippen LogP contribution is 2.34. The van der Waals surface area contributed by atoms with Crippen molar-refractivity contribution in [3.8, 4) is 0 Å². The van der Waals surface area contributed by atoms with Crippen molar-refractivity contribution in [1.29, 1.82) is 0 Å². The van der Waals surface area contributed by atoms with E-state index in [-0.39, 0.29) is 53.3 Å². The summed E-state index contributed by atoms with van der Waals surface area (Å²) in [5.74, 6) is -4.13. The Morgan fingerprint density at radius 2 is 1.84 bits per heavy atom. The number of carbonyl (C=O) groups is 3. The second-order valence-electron chi connectivity index (χ2n) is 17.1. The number of halogens is 4. The number of nitrogens with one attached hydrogen (secondary N) is 2. The maximum absolute atomic E-state index is 14.0. The third kappa shape index (κ3) is 10.6. The van der Waals surface area contributed by atoms with Crippen LogP contribution in [0.2, 0.25) is 0 Å². The van der Waals surface area contributed by atoms with E-state index < -0.39 is 54.9 Å². The van der Waals surface area contributed by atoms with E-state index >= 15 is 0 Å². The molecule has 21 heteroatoms. The van der Waals surface area contributed by atoms with E-state index in [0.717, 1.165) is 81.1 Å². The molecule has 2 atom stereocenters. The summed E-state index contributed by atoms with van der Waals surface area (Å²) in [4.78, 5) is 57.6. The van der Waals surface area contributed by atoms with Crippen molar-refractivity contribution in [3.63, 3.8) is 0 Å². The highest BCUT2D eigenvalue weighted by atomic mass is 19.3. The molecule has 17 nitrogen and oxygen atoms in total. The summed E-state index contributed by atoms with van der Waals surface area (Å²) >= 11 is 0. The fourth-order valence-electron chi connectivity index (χ4n) is 8.80. The number of fused-ring (bicyclic) bond motifs is 2. The molecule has 3 aliphatic rings. The van der Waals surface area contributed by atoms with Crippen molar-refractivity contribution in [1.82, 2.24) is 43.7 Å². The molecule has 1 aliphatic carbocycles. The van der Waals surface area contributed by atoms with Crippen molar-refractivity contribution in [2.45, 2.75) is 101 Å². The third-order valence-corrected chi connectivity index (χ3v) is 11.9. The number of hydrogen-bond acceptors (Lipinski definition) is 11. The Morgan fingerprint density at radius 1 is 1.08 bits per heavy atom. The van der Waals surface area contributed by atoms with Gasteiger partial charge >= 0.3 is 5.69 Å². The van der Waals surface area contributed by atoms with Gasteiger partial charge in [0, 0.05) is 58.1 Å². The van der Waals surface area contributed by atoms with Crippen LogP contribution in [0.25, 0.3) is 16.7 Å². The molecule has 1 aromatic carbocycles. The molecule has 2 aliphatic heterocycles. The first-order valence-corrected chi connectivity index (χ1v) is 21.8. The quantitative estimate of drug-likeness (QED) is 0.0772. The molecule has 1 saturated carbocycles. The topological polar surface area (TPSA) is 192 Å². The Balaban J connectivity index is 0.000000195. The zero-order valence-electron chi connectivity index (χ0n) is 36.3. The van der Waals surface area contributed by atoms with Crippen molar-refractivity contribution in [3.05, 3.63) is 70.2 Å². The summed E-state index contributed by atoms with van der Waals surface area (Å²) in [5.41, 5.74) is 7.74. The number of aromatic nitrogens is 7. The van der Waals surface area contributed by atoms with Gasteiger partial charge in [-0.2, -0.15) is 10.2 Å². The lowest BCUT2D eigenvalue weighted by Crippen LogP contribution is -2.52. The Labute approximate surface area is 366 Å². The van der Waals surface area contributed by atoms with Crippen molar-refractivity contribution in [2.75, 3.05) is 57.2 Å². The number of alkyl halides is 4. The molecular formula is C43H56F4N12O5. The first kappa shape index (κ1) is 46.3. The summed E-state index contributed by atoms with van der Waals surface area (Å²) in [7, 11) is 5.83. The van der Waals surface area contributed by atoms with Gasteiger partial charge in [-0.25, -0.2) is 31.9 Å². The fraction of sp³-hybridized carbons (Fsp3) is 0.558. The Kier molecular flexibility index (Phi) is 14.5. The first-order chi connectivity index (χ1) is 30.6. The van der Waals surface area contributed by atoms with Gasteiger partial charge in [0.1, 0.15) is 17.4 Å². The largest absolute Gasteiger partial charge is 0.381 e. The fourth-order valence-corrected chi connectivity index (χ4v) is 8.80. The summed E-state index contributed by atoms with van der Waals surface area (Å²) in [5, 5.41) is 13.0. The van der Waals surface area contributed by atoms with Gasteiger partial charge < -0.3 is 25.6 Å². The summed E-state index contributed by atoms with van der Waals surface area (Å²) in [6.45, 7) is 2.07. The van der Waals surface area contributed by atoms with Crippen molar-refractivity contribution in [2.24, 2.45) is 12.8 Å². The zero-order chi connectivity index (χ0) is 45.7. The van der Waals surface area contributed by atoms with Crippen LogP contribution >= 0.6 is 0 Å².